The summed E-state index contributed by atoms with van der Waals surface area (Å²) in [5.41, 5.74) is 0. The quantitative estimate of drug-likeness (QED) is 0.755. The first-order valence-electron chi connectivity index (χ1n) is 9.43. The summed E-state index contributed by atoms with van der Waals surface area (Å²) in [4.78, 5) is 13.9. The van der Waals surface area contributed by atoms with E-state index in [-0.39, 0.29) is 11.8 Å². The number of hydrogen-bond acceptors (Lipinski definition) is 3. The highest BCUT2D eigenvalue weighted by atomic mass is 32.2. The number of fused-ring (bicyclic) bond motifs is 1. The van der Waals surface area contributed by atoms with Gasteiger partial charge in [-0.3, -0.25) is 4.79 Å². The zero-order chi connectivity index (χ0) is 19.4. The van der Waals surface area contributed by atoms with Crippen molar-refractivity contribution in [2.24, 2.45) is 5.92 Å². The summed E-state index contributed by atoms with van der Waals surface area (Å²) in [5, 5.41) is 4.89. The number of quaternary nitrogens is 1. The van der Waals surface area contributed by atoms with Crippen LogP contribution in [0.4, 0.5) is 0 Å². The largest absolute Gasteiger partial charge is 0.350 e. The Morgan fingerprint density at radius 1 is 1.11 bits per heavy atom. The third-order valence-corrected chi connectivity index (χ3v) is 7.00. The third-order valence-electron chi connectivity index (χ3n) is 5.11. The molecule has 0 aliphatic carbocycles. The van der Waals surface area contributed by atoms with Gasteiger partial charge in [0.1, 0.15) is 0 Å². The lowest BCUT2D eigenvalue weighted by Gasteiger charge is -2.30. The second-order valence-electron chi connectivity index (χ2n) is 7.44. The van der Waals surface area contributed by atoms with Gasteiger partial charge in [-0.15, -0.1) is 0 Å². The molecule has 27 heavy (non-hydrogen) atoms. The van der Waals surface area contributed by atoms with E-state index in [0.717, 1.165) is 17.3 Å². The number of piperidine rings is 1. The second-order valence-corrected chi connectivity index (χ2v) is 9.37. The molecule has 0 saturated carbocycles. The minimum atomic E-state index is -3.53. The monoisotopic (exact) mass is 390 g/mol. The van der Waals surface area contributed by atoms with Crippen LogP contribution in [0.3, 0.4) is 0 Å². The highest BCUT2D eigenvalue weighted by molar-refractivity contribution is 7.89. The number of rotatable bonds is 6. The Balaban J connectivity index is 1.63. The van der Waals surface area contributed by atoms with E-state index in [4.69, 9.17) is 0 Å². The Kier molecular flexibility index (Phi) is 6.14. The summed E-state index contributed by atoms with van der Waals surface area (Å²) in [7, 11) is 0.555. The molecule has 2 N–H and O–H groups in total. The highest BCUT2D eigenvalue weighted by Gasteiger charge is 2.32. The van der Waals surface area contributed by atoms with Gasteiger partial charge in [-0.05, 0) is 35.7 Å². The number of benzene rings is 2. The second kappa shape index (κ2) is 8.37. The number of nitrogens with zero attached hydrogens (tertiary/aromatic N) is 1. The van der Waals surface area contributed by atoms with Crippen molar-refractivity contribution < 1.29 is 18.1 Å². The number of carbonyl (C=O) groups is 1. The molecule has 0 radical (unpaired) electrons. The molecular weight excluding hydrogens is 362 g/mol. The maximum atomic E-state index is 13.0. The lowest BCUT2D eigenvalue weighted by atomic mass is 9.97. The Bertz CT molecular complexity index is 904. The van der Waals surface area contributed by atoms with E-state index < -0.39 is 10.0 Å². The molecule has 0 atom stereocenters. The van der Waals surface area contributed by atoms with Crippen LogP contribution in [-0.4, -0.2) is 58.9 Å². The number of nitrogens with one attached hydrogen (secondary N) is 2. The van der Waals surface area contributed by atoms with Crippen molar-refractivity contribution in [3.63, 3.8) is 0 Å². The fraction of sp³-hybridized carbons (Fsp3) is 0.450. The lowest BCUT2D eigenvalue weighted by molar-refractivity contribution is -0.856. The smallest absolute Gasteiger partial charge is 0.243 e. The summed E-state index contributed by atoms with van der Waals surface area (Å²) in [6, 6.07) is 13.0. The van der Waals surface area contributed by atoms with Crippen LogP contribution < -0.4 is 10.2 Å². The van der Waals surface area contributed by atoms with Gasteiger partial charge in [-0.2, -0.15) is 4.31 Å². The molecule has 6 nitrogen and oxygen atoms in total. The van der Waals surface area contributed by atoms with Crippen LogP contribution in [0.15, 0.2) is 47.4 Å². The SMILES string of the molecule is C[NH+](C)CCNC(=O)C1CCN(S(=O)(=O)c2ccc3ccccc3c2)CC1. The molecule has 0 aromatic heterocycles. The first kappa shape index (κ1) is 19.8. The first-order valence-corrected chi connectivity index (χ1v) is 10.9. The van der Waals surface area contributed by atoms with Crippen molar-refractivity contribution in [3.8, 4) is 0 Å². The molecule has 1 aliphatic heterocycles. The number of sulfonamides is 1. The van der Waals surface area contributed by atoms with E-state index in [9.17, 15) is 13.2 Å². The number of amides is 1. The van der Waals surface area contributed by atoms with Crippen LogP contribution in [-0.2, 0) is 14.8 Å². The molecule has 1 fully saturated rings. The van der Waals surface area contributed by atoms with E-state index in [0.29, 0.717) is 37.4 Å². The van der Waals surface area contributed by atoms with Crippen LogP contribution >= 0.6 is 0 Å². The molecule has 1 amide bonds. The molecule has 1 aliphatic rings. The van der Waals surface area contributed by atoms with Gasteiger partial charge in [0.2, 0.25) is 15.9 Å². The lowest BCUT2D eigenvalue weighted by Crippen LogP contribution is -3.06. The summed E-state index contributed by atoms with van der Waals surface area (Å²) in [5.74, 6) is -0.0655. The van der Waals surface area contributed by atoms with Crippen LogP contribution in [0.2, 0.25) is 0 Å². The standard InChI is InChI=1S/C20H27N3O3S/c1-22(2)14-11-21-20(24)17-9-12-23(13-10-17)27(25,26)19-8-7-16-5-3-4-6-18(16)15-19/h3-8,15,17H,9-14H2,1-2H3,(H,21,24)/p+1. The van der Waals surface area contributed by atoms with Crippen LogP contribution in [0.5, 0.6) is 0 Å². The predicted molar refractivity (Wildman–Crippen MR) is 106 cm³/mol. The summed E-state index contributed by atoms with van der Waals surface area (Å²) in [6.07, 6.45) is 1.13. The highest BCUT2D eigenvalue weighted by Crippen LogP contribution is 2.26. The molecule has 0 unspecified atom stereocenters. The van der Waals surface area contributed by atoms with Crippen LogP contribution in [0, 0.1) is 5.92 Å². The Morgan fingerprint density at radius 2 is 1.78 bits per heavy atom. The maximum Gasteiger partial charge on any atom is 0.243 e. The van der Waals surface area contributed by atoms with Crippen molar-refractivity contribution in [2.75, 3.05) is 40.3 Å². The van der Waals surface area contributed by atoms with Gasteiger partial charge in [0, 0.05) is 19.0 Å². The van der Waals surface area contributed by atoms with Gasteiger partial charge in [0.25, 0.3) is 0 Å². The van der Waals surface area contributed by atoms with Gasteiger partial charge in [-0.1, -0.05) is 30.3 Å². The number of hydrogen-bond donors (Lipinski definition) is 2. The Morgan fingerprint density at radius 3 is 2.44 bits per heavy atom. The first-order chi connectivity index (χ1) is 12.9. The van der Waals surface area contributed by atoms with Crippen molar-refractivity contribution in [1.82, 2.24) is 9.62 Å². The molecule has 1 heterocycles. The normalized spacial score (nSPS) is 16.7. The van der Waals surface area contributed by atoms with E-state index in [1.807, 2.05) is 44.4 Å². The third kappa shape index (κ3) is 4.66. The van der Waals surface area contributed by atoms with Crippen LogP contribution in [0.1, 0.15) is 12.8 Å². The summed E-state index contributed by atoms with van der Waals surface area (Å²) in [6.45, 7) is 2.29. The topological polar surface area (TPSA) is 70.9 Å². The van der Waals surface area contributed by atoms with Crippen molar-refractivity contribution in [2.45, 2.75) is 17.7 Å². The van der Waals surface area contributed by atoms with E-state index >= 15 is 0 Å². The fourth-order valence-electron chi connectivity index (χ4n) is 3.42. The number of likely N-dealkylation sites (N-methyl/N-ethyl adjacent to an activating group) is 1. The summed E-state index contributed by atoms with van der Waals surface area (Å²) < 4.78 is 27.5. The van der Waals surface area contributed by atoms with Gasteiger partial charge < -0.3 is 10.2 Å². The zero-order valence-electron chi connectivity index (χ0n) is 15.9. The fourth-order valence-corrected chi connectivity index (χ4v) is 4.92. The van der Waals surface area contributed by atoms with Crippen LogP contribution in [0.25, 0.3) is 10.8 Å². The molecule has 146 valence electrons. The minimum absolute atomic E-state index is 0.0407. The van der Waals surface area contributed by atoms with E-state index in [2.05, 4.69) is 5.32 Å². The Labute approximate surface area is 161 Å². The average molecular weight is 391 g/mol. The zero-order valence-corrected chi connectivity index (χ0v) is 16.8. The van der Waals surface area contributed by atoms with E-state index in [1.165, 1.54) is 9.21 Å². The molecule has 0 spiro atoms. The maximum absolute atomic E-state index is 13.0. The average Bonchev–Trinajstić information content (AvgIpc) is 2.67. The molecule has 1 saturated heterocycles. The molecule has 2 aromatic carbocycles. The molecule has 3 rings (SSSR count). The molecule has 7 heteroatoms. The van der Waals surface area contributed by atoms with Gasteiger partial charge in [0.05, 0.1) is 32.1 Å². The predicted octanol–water partition coefficient (Wildman–Crippen LogP) is 0.501. The molecule has 2 aromatic rings. The summed E-state index contributed by atoms with van der Waals surface area (Å²) >= 11 is 0. The minimum Gasteiger partial charge on any atom is -0.350 e. The van der Waals surface area contributed by atoms with Crippen molar-refractivity contribution in [1.29, 1.82) is 0 Å². The molecule has 0 bridgehead atoms. The van der Waals surface area contributed by atoms with Gasteiger partial charge in [0.15, 0.2) is 0 Å². The van der Waals surface area contributed by atoms with E-state index in [1.54, 1.807) is 12.1 Å². The Hall–Kier alpha value is -1.96. The van der Waals surface area contributed by atoms with Crippen molar-refractivity contribution >= 4 is 26.7 Å². The van der Waals surface area contributed by atoms with Crippen molar-refractivity contribution in [3.05, 3.63) is 42.5 Å². The number of carbonyl (C=O) groups excluding carboxylic acids is 1. The van der Waals surface area contributed by atoms with Gasteiger partial charge >= 0.3 is 0 Å². The van der Waals surface area contributed by atoms with Gasteiger partial charge in [-0.25, -0.2) is 8.42 Å². The molecular formula is C20H28N3O3S+.